The van der Waals surface area contributed by atoms with Crippen molar-refractivity contribution in [3.8, 4) is 5.75 Å². The summed E-state index contributed by atoms with van der Waals surface area (Å²) < 4.78 is 29.2. The molecule has 1 aromatic carbocycles. The molecule has 0 fully saturated rings. The first-order valence-electron chi connectivity index (χ1n) is 7.49. The van der Waals surface area contributed by atoms with E-state index in [0.717, 1.165) is 37.6 Å². The topological polar surface area (TPSA) is 67.5 Å². The minimum Gasteiger partial charge on any atom is -0.497 e. The molecular weight excluding hydrogens is 314 g/mol. The summed E-state index contributed by atoms with van der Waals surface area (Å²) >= 11 is 0. The molecule has 136 valence electrons. The van der Waals surface area contributed by atoms with Crippen LogP contribution in [0.5, 0.6) is 5.75 Å². The number of benzene rings is 1. The van der Waals surface area contributed by atoms with Crippen LogP contribution in [0.2, 0.25) is 0 Å². The summed E-state index contributed by atoms with van der Waals surface area (Å²) in [5, 5.41) is 12.3. The van der Waals surface area contributed by atoms with Crippen LogP contribution in [-0.4, -0.2) is 38.0 Å². The highest BCUT2D eigenvalue weighted by Crippen LogP contribution is 2.13. The predicted octanol–water partition coefficient (Wildman–Crippen LogP) is 2.78. The zero-order chi connectivity index (χ0) is 17.1. The van der Waals surface area contributed by atoms with Crippen molar-refractivity contribution in [1.82, 2.24) is 5.32 Å². The Morgan fingerprint density at radius 3 is 2.42 bits per heavy atom. The Morgan fingerprint density at radius 1 is 1.25 bits per heavy atom. The second-order valence-electron chi connectivity index (χ2n) is 5.09. The maximum Gasteiger partial charge on any atom is 0.129 e. The molecule has 1 aliphatic carbocycles. The second kappa shape index (κ2) is 12.6. The van der Waals surface area contributed by atoms with E-state index in [1.54, 1.807) is 0 Å². The fourth-order valence-electron chi connectivity index (χ4n) is 1.91. The van der Waals surface area contributed by atoms with Crippen LogP contribution in [-0.2, 0) is 0 Å². The molecule has 0 saturated heterocycles. The first-order valence-corrected chi connectivity index (χ1v) is 7.49. The molecule has 0 spiro atoms. The molecule has 4 nitrogen and oxygen atoms in total. The molecule has 24 heavy (non-hydrogen) atoms. The molecule has 0 saturated carbocycles. The Balaban J connectivity index is 0.000000436. The van der Waals surface area contributed by atoms with Gasteiger partial charge >= 0.3 is 0 Å². The third kappa shape index (κ3) is 9.39. The molecule has 4 N–H and O–H groups in total. The number of halogens is 2. The number of nitrogens with two attached hydrogens (primary N) is 1. The highest BCUT2D eigenvalue weighted by Gasteiger charge is 2.01. The first-order chi connectivity index (χ1) is 11.0. The lowest BCUT2D eigenvalue weighted by molar-refractivity contribution is 0.181. The van der Waals surface area contributed by atoms with Crippen LogP contribution in [0, 0.1) is 11.6 Å². The molecule has 1 aliphatic rings. The Morgan fingerprint density at radius 2 is 1.92 bits per heavy atom. The van der Waals surface area contributed by atoms with Crippen molar-refractivity contribution in [2.45, 2.75) is 26.4 Å². The molecule has 0 amide bonds. The number of rotatable bonds is 6. The summed E-state index contributed by atoms with van der Waals surface area (Å²) in [6, 6.07) is 3.02. The number of allylic oxidation sites excluding steroid dienone is 2. The predicted molar refractivity (Wildman–Crippen MR) is 94.0 cm³/mol. The van der Waals surface area contributed by atoms with Gasteiger partial charge in [-0.2, -0.15) is 0 Å². The molecular formula is C18H28F2N2O2. The van der Waals surface area contributed by atoms with Crippen LogP contribution in [0.15, 0.2) is 42.0 Å². The van der Waals surface area contributed by atoms with E-state index < -0.39 is 17.7 Å². The highest BCUT2D eigenvalue weighted by atomic mass is 19.1. The van der Waals surface area contributed by atoms with Gasteiger partial charge in [0.15, 0.2) is 0 Å². The number of nitrogens with one attached hydrogen (secondary N) is 1. The molecule has 6 heteroatoms. The molecule has 0 radical (unpaired) electrons. The van der Waals surface area contributed by atoms with E-state index in [1.807, 2.05) is 0 Å². The van der Waals surface area contributed by atoms with Gasteiger partial charge in [0.1, 0.15) is 17.4 Å². The number of methoxy groups -OCH3 is 1. The Labute approximate surface area is 143 Å². The molecule has 2 rings (SSSR count). The average Bonchev–Trinajstić information content (AvgIpc) is 2.55. The molecule has 0 heterocycles. The number of hydrogen-bond acceptors (Lipinski definition) is 4. The summed E-state index contributed by atoms with van der Waals surface area (Å²) in [5.41, 5.74) is 6.57. The van der Waals surface area contributed by atoms with Crippen LogP contribution < -0.4 is 15.8 Å². The first kappa shape index (κ1) is 22.2. The lowest BCUT2D eigenvalue weighted by Gasteiger charge is -2.11. The van der Waals surface area contributed by atoms with Gasteiger partial charge in [0.2, 0.25) is 0 Å². The van der Waals surface area contributed by atoms with E-state index in [9.17, 15) is 8.78 Å². The van der Waals surface area contributed by atoms with Crippen LogP contribution in [0.1, 0.15) is 20.3 Å². The molecule has 0 aromatic heterocycles. The molecule has 1 aromatic rings. The zero-order valence-electron chi connectivity index (χ0n) is 13.3. The number of aliphatic hydroxyl groups excluding tert-OH is 1. The van der Waals surface area contributed by atoms with Crippen molar-refractivity contribution < 1.29 is 18.6 Å². The van der Waals surface area contributed by atoms with Crippen LogP contribution in [0.3, 0.4) is 0 Å². The van der Waals surface area contributed by atoms with Gasteiger partial charge in [-0.25, -0.2) is 8.78 Å². The van der Waals surface area contributed by atoms with Gasteiger partial charge in [-0.05, 0) is 18.4 Å². The smallest absolute Gasteiger partial charge is 0.129 e. The van der Waals surface area contributed by atoms with Gasteiger partial charge in [-0.15, -0.1) is 0 Å². The van der Waals surface area contributed by atoms with Gasteiger partial charge in [0.05, 0.1) is 13.2 Å². The van der Waals surface area contributed by atoms with Gasteiger partial charge < -0.3 is 20.9 Å². The fourth-order valence-corrected chi connectivity index (χ4v) is 1.91. The van der Waals surface area contributed by atoms with Crippen LogP contribution >= 0.6 is 0 Å². The Hall–Kier alpha value is -1.76. The van der Waals surface area contributed by atoms with Gasteiger partial charge in [0, 0.05) is 37.8 Å². The average molecular weight is 342 g/mol. The van der Waals surface area contributed by atoms with Gasteiger partial charge in [-0.1, -0.05) is 25.7 Å². The third-order valence-electron chi connectivity index (χ3n) is 3.12. The molecule has 0 aliphatic heterocycles. The maximum absolute atomic E-state index is 12.3. The van der Waals surface area contributed by atoms with E-state index in [2.05, 4.69) is 28.3 Å². The molecule has 1 atom stereocenters. The van der Waals surface area contributed by atoms with E-state index in [0.29, 0.717) is 13.1 Å². The number of ether oxygens (including phenoxy) is 1. The zero-order valence-corrected chi connectivity index (χ0v) is 13.3. The SMILES string of the molecule is C.COc1cc(F)cc(F)c1.NC[C@@H](O)CNCC1=CCCC=C1. The van der Waals surface area contributed by atoms with Crippen LogP contribution in [0.4, 0.5) is 8.78 Å². The molecule has 0 unspecified atom stereocenters. The normalized spacial score (nSPS) is 14.0. The number of aliphatic hydroxyl groups is 1. The van der Waals surface area contributed by atoms with Gasteiger partial charge in [0.25, 0.3) is 0 Å². The monoisotopic (exact) mass is 342 g/mol. The van der Waals surface area contributed by atoms with Crippen molar-refractivity contribution in [1.29, 1.82) is 0 Å². The minimum atomic E-state index is -0.628. The fraction of sp³-hybridized carbons (Fsp3) is 0.444. The Kier molecular flexibility index (Phi) is 11.7. The lowest BCUT2D eigenvalue weighted by Crippen LogP contribution is -2.33. The standard InChI is InChI=1S/C10H18N2O.C7H6F2O.CH4/c11-6-10(13)8-12-7-9-4-2-1-3-5-9;1-10-7-3-5(8)2-6(9)4-7;/h2,4-5,10,12-13H,1,3,6-8,11H2;2-4H,1H3;1H4/t10-;;/m1../s1. The van der Waals surface area contributed by atoms with E-state index >= 15 is 0 Å². The Bertz CT molecular complexity index is 514. The molecule has 0 bridgehead atoms. The van der Waals surface area contributed by atoms with Crippen molar-refractivity contribution >= 4 is 0 Å². The minimum absolute atomic E-state index is 0. The maximum atomic E-state index is 12.3. The van der Waals surface area contributed by atoms with Crippen molar-refractivity contribution in [2.24, 2.45) is 5.73 Å². The van der Waals surface area contributed by atoms with Gasteiger partial charge in [-0.3, -0.25) is 0 Å². The second-order valence-corrected chi connectivity index (χ2v) is 5.09. The summed E-state index contributed by atoms with van der Waals surface area (Å²) in [6.07, 6.45) is 8.39. The summed E-state index contributed by atoms with van der Waals surface area (Å²) in [6.45, 7) is 1.72. The summed E-state index contributed by atoms with van der Waals surface area (Å²) in [7, 11) is 1.36. The largest absolute Gasteiger partial charge is 0.497 e. The highest BCUT2D eigenvalue weighted by molar-refractivity contribution is 5.24. The van der Waals surface area contributed by atoms with Crippen molar-refractivity contribution in [2.75, 3.05) is 26.7 Å². The van der Waals surface area contributed by atoms with E-state index in [-0.39, 0.29) is 13.2 Å². The lowest BCUT2D eigenvalue weighted by atomic mass is 10.1. The quantitative estimate of drug-likeness (QED) is 0.744. The summed E-state index contributed by atoms with van der Waals surface area (Å²) in [4.78, 5) is 0. The third-order valence-corrected chi connectivity index (χ3v) is 3.12. The number of hydrogen-bond donors (Lipinski definition) is 3. The summed E-state index contributed by atoms with van der Waals surface area (Å²) in [5.74, 6) is -1.06. The van der Waals surface area contributed by atoms with Crippen LogP contribution in [0.25, 0.3) is 0 Å². The van der Waals surface area contributed by atoms with E-state index in [4.69, 9.17) is 10.8 Å². The van der Waals surface area contributed by atoms with Crippen molar-refractivity contribution in [3.63, 3.8) is 0 Å². The van der Waals surface area contributed by atoms with E-state index in [1.165, 1.54) is 12.7 Å². The van der Waals surface area contributed by atoms with Crippen molar-refractivity contribution in [3.05, 3.63) is 53.6 Å².